The van der Waals surface area contributed by atoms with Crippen molar-refractivity contribution in [2.45, 2.75) is 13.0 Å². The molecule has 0 aromatic heterocycles. The first-order valence-electron chi connectivity index (χ1n) is 6.49. The van der Waals surface area contributed by atoms with Crippen molar-refractivity contribution in [1.82, 2.24) is 0 Å². The number of hydrogen-bond donors (Lipinski definition) is 1. The van der Waals surface area contributed by atoms with Gasteiger partial charge in [-0.1, -0.05) is 53.0 Å². The molecule has 2 aromatic carbocycles. The summed E-state index contributed by atoms with van der Waals surface area (Å²) in [5.74, 6) is -0.505. The van der Waals surface area contributed by atoms with Crippen LogP contribution in [-0.4, -0.2) is 13.1 Å². The van der Waals surface area contributed by atoms with Gasteiger partial charge in [-0.05, 0) is 30.7 Å². The van der Waals surface area contributed by atoms with Gasteiger partial charge in [0.25, 0.3) is 0 Å². The normalized spacial score (nSPS) is 11.9. The number of carbonyl (C=O) groups excluding carboxylic acids is 1. The van der Waals surface area contributed by atoms with Crippen LogP contribution in [0.15, 0.2) is 36.4 Å². The summed E-state index contributed by atoms with van der Waals surface area (Å²) in [6, 6.07) is 9.89. The lowest BCUT2D eigenvalue weighted by atomic mass is 10.1. The van der Waals surface area contributed by atoms with Crippen LogP contribution in [0.1, 0.15) is 17.2 Å². The van der Waals surface area contributed by atoms with Crippen molar-refractivity contribution in [3.8, 4) is 0 Å². The number of nitrogens with one attached hydrogen (secondary N) is 1. The molecule has 0 aliphatic carbocycles. The fourth-order valence-corrected chi connectivity index (χ4v) is 2.82. The Balaban J connectivity index is 2.51. The molecular weight excluding hydrogens is 345 g/mol. The average Bonchev–Trinajstić information content (AvgIpc) is 2.51. The van der Waals surface area contributed by atoms with Crippen LogP contribution in [0.2, 0.25) is 15.1 Å². The fraction of sp³-hybridized carbons (Fsp3) is 0.188. The topological polar surface area (TPSA) is 38.3 Å². The molecule has 0 amide bonds. The van der Waals surface area contributed by atoms with E-state index < -0.39 is 12.0 Å². The molecule has 0 heterocycles. The summed E-state index contributed by atoms with van der Waals surface area (Å²) >= 11 is 18.5. The summed E-state index contributed by atoms with van der Waals surface area (Å²) in [6.45, 7) is 1.93. The summed E-state index contributed by atoms with van der Waals surface area (Å²) in [6.07, 6.45) is 0. The third-order valence-corrected chi connectivity index (χ3v) is 4.40. The maximum absolute atomic E-state index is 12.2. The number of ether oxygens (including phenoxy) is 1. The van der Waals surface area contributed by atoms with E-state index in [1.165, 1.54) is 7.11 Å². The highest BCUT2D eigenvalue weighted by molar-refractivity contribution is 6.44. The van der Waals surface area contributed by atoms with E-state index in [0.717, 1.165) is 11.3 Å². The fourth-order valence-electron chi connectivity index (χ4n) is 2.06. The van der Waals surface area contributed by atoms with Crippen LogP contribution < -0.4 is 5.32 Å². The molecule has 0 saturated carbocycles. The van der Waals surface area contributed by atoms with Crippen LogP contribution in [0.3, 0.4) is 0 Å². The van der Waals surface area contributed by atoms with Crippen LogP contribution in [0, 0.1) is 6.92 Å². The molecule has 22 heavy (non-hydrogen) atoms. The van der Waals surface area contributed by atoms with Crippen LogP contribution in [0.5, 0.6) is 0 Å². The summed E-state index contributed by atoms with van der Waals surface area (Å²) < 4.78 is 4.87. The lowest BCUT2D eigenvalue weighted by molar-refractivity contribution is -0.141. The lowest BCUT2D eigenvalue weighted by Crippen LogP contribution is -2.23. The Morgan fingerprint density at radius 1 is 1.09 bits per heavy atom. The second-order valence-corrected chi connectivity index (χ2v) is 5.86. The minimum atomic E-state index is -0.857. The van der Waals surface area contributed by atoms with Crippen molar-refractivity contribution in [3.63, 3.8) is 0 Å². The Morgan fingerprint density at radius 3 is 2.36 bits per heavy atom. The first kappa shape index (κ1) is 16.9. The van der Waals surface area contributed by atoms with Crippen LogP contribution >= 0.6 is 34.8 Å². The molecule has 0 radical (unpaired) electrons. The third kappa shape index (κ3) is 3.49. The number of halogens is 3. The highest BCUT2D eigenvalue weighted by atomic mass is 35.5. The Morgan fingerprint density at radius 2 is 1.73 bits per heavy atom. The van der Waals surface area contributed by atoms with E-state index in [1.54, 1.807) is 12.1 Å². The van der Waals surface area contributed by atoms with Crippen LogP contribution in [-0.2, 0) is 9.53 Å². The Hall–Kier alpha value is -1.42. The van der Waals surface area contributed by atoms with Gasteiger partial charge < -0.3 is 10.1 Å². The maximum atomic E-state index is 12.2. The van der Waals surface area contributed by atoms with Gasteiger partial charge in [0.1, 0.15) is 0 Å². The molecule has 116 valence electrons. The number of methoxy groups -OCH3 is 1. The van der Waals surface area contributed by atoms with E-state index in [1.807, 2.05) is 31.2 Å². The summed E-state index contributed by atoms with van der Waals surface area (Å²) in [5, 5.41) is 4.01. The van der Waals surface area contributed by atoms with Gasteiger partial charge in [-0.25, -0.2) is 4.79 Å². The average molecular weight is 359 g/mol. The molecule has 1 N–H and O–H groups in total. The van der Waals surface area contributed by atoms with E-state index in [2.05, 4.69) is 5.32 Å². The molecule has 0 aliphatic heterocycles. The van der Waals surface area contributed by atoms with E-state index in [-0.39, 0.29) is 5.02 Å². The van der Waals surface area contributed by atoms with Crippen LogP contribution in [0.25, 0.3) is 0 Å². The molecule has 2 rings (SSSR count). The van der Waals surface area contributed by atoms with Gasteiger partial charge >= 0.3 is 5.97 Å². The molecular formula is C16H14Cl3NO2. The van der Waals surface area contributed by atoms with Crippen LogP contribution in [0.4, 0.5) is 5.69 Å². The zero-order valence-electron chi connectivity index (χ0n) is 12.0. The maximum Gasteiger partial charge on any atom is 0.333 e. The van der Waals surface area contributed by atoms with Gasteiger partial charge in [0.15, 0.2) is 6.04 Å². The number of anilines is 1. The molecule has 0 spiro atoms. The molecule has 0 bridgehead atoms. The zero-order chi connectivity index (χ0) is 16.3. The molecule has 3 nitrogen and oxygen atoms in total. The van der Waals surface area contributed by atoms with Gasteiger partial charge in [0.05, 0.1) is 17.2 Å². The monoisotopic (exact) mass is 357 g/mol. The van der Waals surface area contributed by atoms with Gasteiger partial charge in [-0.3, -0.25) is 0 Å². The zero-order valence-corrected chi connectivity index (χ0v) is 14.3. The minimum absolute atomic E-state index is 0.227. The summed E-state index contributed by atoms with van der Waals surface area (Å²) in [7, 11) is 1.31. The summed E-state index contributed by atoms with van der Waals surface area (Å²) in [4.78, 5) is 12.2. The molecule has 0 fully saturated rings. The molecule has 6 heteroatoms. The minimum Gasteiger partial charge on any atom is -0.467 e. The van der Waals surface area contributed by atoms with Crippen molar-refractivity contribution in [3.05, 3.63) is 62.6 Å². The SMILES string of the molecule is COC(=O)C(Nc1ccccc1C)c1c(Cl)ccc(Cl)c1Cl. The van der Waals surface area contributed by atoms with Gasteiger partial charge in [0, 0.05) is 16.3 Å². The van der Waals surface area contributed by atoms with E-state index in [4.69, 9.17) is 39.5 Å². The van der Waals surface area contributed by atoms with E-state index >= 15 is 0 Å². The number of rotatable bonds is 4. The first-order valence-corrected chi connectivity index (χ1v) is 7.62. The molecule has 1 unspecified atom stereocenters. The van der Waals surface area contributed by atoms with Crippen molar-refractivity contribution in [1.29, 1.82) is 0 Å². The smallest absolute Gasteiger partial charge is 0.333 e. The van der Waals surface area contributed by atoms with Gasteiger partial charge in [-0.15, -0.1) is 0 Å². The first-order chi connectivity index (χ1) is 10.5. The predicted octanol–water partition coefficient (Wildman–Crippen LogP) is 5.28. The number of benzene rings is 2. The standard InChI is InChI=1S/C16H14Cl3NO2/c1-9-5-3-4-6-12(9)20-15(16(21)22-2)13-10(17)7-8-11(18)14(13)19/h3-8,15,20H,1-2H3. The Bertz CT molecular complexity index is 704. The third-order valence-electron chi connectivity index (χ3n) is 3.25. The molecule has 0 saturated heterocycles. The highest BCUT2D eigenvalue weighted by Crippen LogP contribution is 2.37. The summed E-state index contributed by atoms with van der Waals surface area (Å²) in [5.41, 5.74) is 2.15. The van der Waals surface area contributed by atoms with E-state index in [0.29, 0.717) is 15.6 Å². The lowest BCUT2D eigenvalue weighted by Gasteiger charge is -2.21. The Kier molecular flexibility index (Phi) is 5.57. The largest absolute Gasteiger partial charge is 0.467 e. The number of para-hydroxylation sites is 1. The van der Waals surface area contributed by atoms with Crippen molar-refractivity contribution >= 4 is 46.5 Å². The van der Waals surface area contributed by atoms with Crippen molar-refractivity contribution < 1.29 is 9.53 Å². The van der Waals surface area contributed by atoms with Crippen molar-refractivity contribution in [2.75, 3.05) is 12.4 Å². The van der Waals surface area contributed by atoms with E-state index in [9.17, 15) is 4.79 Å². The second kappa shape index (κ2) is 7.23. The predicted molar refractivity (Wildman–Crippen MR) is 91.0 cm³/mol. The van der Waals surface area contributed by atoms with Gasteiger partial charge in [-0.2, -0.15) is 0 Å². The quantitative estimate of drug-likeness (QED) is 0.597. The van der Waals surface area contributed by atoms with Crippen molar-refractivity contribution in [2.24, 2.45) is 0 Å². The molecule has 1 atom stereocenters. The molecule has 2 aromatic rings. The number of carbonyl (C=O) groups is 1. The number of esters is 1. The number of hydrogen-bond acceptors (Lipinski definition) is 3. The molecule has 0 aliphatic rings. The number of aryl methyl sites for hydroxylation is 1. The highest BCUT2D eigenvalue weighted by Gasteiger charge is 2.27. The Labute approximate surface area is 144 Å². The van der Waals surface area contributed by atoms with Gasteiger partial charge in [0.2, 0.25) is 0 Å². The second-order valence-electron chi connectivity index (χ2n) is 4.67.